The van der Waals surface area contributed by atoms with Gasteiger partial charge in [0.05, 0.1) is 11.9 Å². The van der Waals surface area contributed by atoms with Crippen LogP contribution in [0.3, 0.4) is 0 Å². The molecule has 0 aliphatic carbocycles. The highest BCUT2D eigenvalue weighted by Crippen LogP contribution is 2.25. The zero-order chi connectivity index (χ0) is 8.48. The first-order chi connectivity index (χ1) is 5.00. The van der Waals surface area contributed by atoms with Crippen molar-refractivity contribution >= 4 is 11.1 Å². The van der Waals surface area contributed by atoms with Gasteiger partial charge in [0.1, 0.15) is 0 Å². The summed E-state index contributed by atoms with van der Waals surface area (Å²) in [6, 6.07) is 0. The van der Waals surface area contributed by atoms with Gasteiger partial charge in [0, 0.05) is 0 Å². The molecule has 2 nitrogen and oxygen atoms in total. The SMILES string of the molecule is CC(C)(C)[C@@H]1C=CCS(=O)O1. The van der Waals surface area contributed by atoms with E-state index in [4.69, 9.17) is 4.18 Å². The summed E-state index contributed by atoms with van der Waals surface area (Å²) < 4.78 is 16.2. The Bertz CT molecular complexity index is 191. The monoisotopic (exact) mass is 174 g/mol. The molecule has 0 aromatic carbocycles. The molecule has 0 saturated heterocycles. The summed E-state index contributed by atoms with van der Waals surface area (Å²) in [4.78, 5) is 0. The predicted molar refractivity (Wildman–Crippen MR) is 46.5 cm³/mol. The normalized spacial score (nSPS) is 32.3. The van der Waals surface area contributed by atoms with E-state index >= 15 is 0 Å². The third-order valence-corrected chi connectivity index (χ3v) is 2.49. The van der Waals surface area contributed by atoms with Crippen LogP contribution in [0.1, 0.15) is 20.8 Å². The zero-order valence-electron chi connectivity index (χ0n) is 7.16. The van der Waals surface area contributed by atoms with Gasteiger partial charge in [0.2, 0.25) is 0 Å². The Kier molecular flexibility index (Phi) is 2.50. The molecular formula is C8H14O2S. The van der Waals surface area contributed by atoms with E-state index in [0.717, 1.165) is 0 Å². The van der Waals surface area contributed by atoms with Crippen LogP contribution in [-0.4, -0.2) is 16.1 Å². The molecule has 1 aliphatic heterocycles. The first-order valence-electron chi connectivity index (χ1n) is 3.72. The Hall–Kier alpha value is -0.150. The number of hydrogen-bond donors (Lipinski definition) is 0. The highest BCUT2D eigenvalue weighted by atomic mass is 32.2. The van der Waals surface area contributed by atoms with Gasteiger partial charge in [0.25, 0.3) is 0 Å². The highest BCUT2D eigenvalue weighted by molar-refractivity contribution is 7.80. The van der Waals surface area contributed by atoms with E-state index < -0.39 is 11.1 Å². The minimum absolute atomic E-state index is 0.00270. The Balaban J connectivity index is 2.68. The van der Waals surface area contributed by atoms with E-state index in [-0.39, 0.29) is 11.5 Å². The van der Waals surface area contributed by atoms with Crippen molar-refractivity contribution in [2.24, 2.45) is 5.41 Å². The topological polar surface area (TPSA) is 26.3 Å². The highest BCUT2D eigenvalue weighted by Gasteiger charge is 2.26. The lowest BCUT2D eigenvalue weighted by molar-refractivity contribution is 0.142. The first-order valence-corrected chi connectivity index (χ1v) is 4.97. The van der Waals surface area contributed by atoms with Crippen molar-refractivity contribution in [3.8, 4) is 0 Å². The Morgan fingerprint density at radius 1 is 1.55 bits per heavy atom. The molecule has 1 unspecified atom stereocenters. The van der Waals surface area contributed by atoms with Crippen LogP contribution >= 0.6 is 0 Å². The van der Waals surface area contributed by atoms with Crippen LogP contribution in [0, 0.1) is 5.41 Å². The standard InChI is InChI=1S/C8H14O2S/c1-8(2,3)7-5-4-6-11(9)10-7/h4-5,7H,6H2,1-3H3/t7-,11?/m0/s1. The van der Waals surface area contributed by atoms with E-state index in [9.17, 15) is 4.21 Å². The molecule has 3 heteroatoms. The zero-order valence-corrected chi connectivity index (χ0v) is 7.98. The van der Waals surface area contributed by atoms with Crippen molar-refractivity contribution < 1.29 is 8.39 Å². The summed E-state index contributed by atoms with van der Waals surface area (Å²) in [5.74, 6) is 0.534. The van der Waals surface area contributed by atoms with Gasteiger partial charge in [0.15, 0.2) is 11.1 Å². The molecule has 0 saturated carbocycles. The summed E-state index contributed by atoms with van der Waals surface area (Å²) in [7, 11) is 0. The van der Waals surface area contributed by atoms with Gasteiger partial charge in [-0.2, -0.15) is 0 Å². The average Bonchev–Trinajstić information content (AvgIpc) is 1.86. The van der Waals surface area contributed by atoms with Crippen molar-refractivity contribution in [2.45, 2.75) is 26.9 Å². The van der Waals surface area contributed by atoms with Gasteiger partial charge in [-0.1, -0.05) is 32.9 Å². The van der Waals surface area contributed by atoms with Crippen molar-refractivity contribution in [3.05, 3.63) is 12.2 Å². The van der Waals surface area contributed by atoms with E-state index in [1.54, 1.807) is 0 Å². The minimum Gasteiger partial charge on any atom is -0.282 e. The van der Waals surface area contributed by atoms with Gasteiger partial charge in [-0.3, -0.25) is 4.18 Å². The lowest BCUT2D eigenvalue weighted by atomic mass is 9.89. The van der Waals surface area contributed by atoms with E-state index in [1.165, 1.54) is 0 Å². The second-order valence-corrected chi connectivity index (χ2v) is 4.91. The quantitative estimate of drug-likeness (QED) is 0.522. The van der Waals surface area contributed by atoms with E-state index in [1.807, 2.05) is 12.2 Å². The fourth-order valence-electron chi connectivity index (χ4n) is 0.878. The smallest absolute Gasteiger partial charge is 0.159 e. The average molecular weight is 174 g/mol. The second-order valence-electron chi connectivity index (χ2n) is 3.78. The van der Waals surface area contributed by atoms with Crippen molar-refractivity contribution in [1.29, 1.82) is 0 Å². The molecule has 2 atom stereocenters. The Labute approximate surface area is 70.3 Å². The molecular weight excluding hydrogens is 160 g/mol. The van der Waals surface area contributed by atoms with E-state index in [0.29, 0.717) is 5.75 Å². The van der Waals surface area contributed by atoms with Gasteiger partial charge >= 0.3 is 0 Å². The predicted octanol–water partition coefficient (Wildman–Crippen LogP) is 1.65. The molecule has 0 radical (unpaired) electrons. The van der Waals surface area contributed by atoms with Crippen LogP contribution in [0.2, 0.25) is 0 Å². The summed E-state index contributed by atoms with van der Waals surface area (Å²) in [6.45, 7) is 6.22. The Morgan fingerprint density at radius 3 is 2.55 bits per heavy atom. The molecule has 64 valence electrons. The Morgan fingerprint density at radius 2 is 2.18 bits per heavy atom. The van der Waals surface area contributed by atoms with E-state index in [2.05, 4.69) is 20.8 Å². The molecule has 0 N–H and O–H groups in total. The summed E-state index contributed by atoms with van der Waals surface area (Å²) in [5.41, 5.74) is 0.0482. The minimum atomic E-state index is -1.10. The summed E-state index contributed by atoms with van der Waals surface area (Å²) in [6.07, 6.45) is 3.91. The molecule has 0 amide bonds. The van der Waals surface area contributed by atoms with Crippen molar-refractivity contribution in [3.63, 3.8) is 0 Å². The van der Waals surface area contributed by atoms with Crippen LogP contribution < -0.4 is 0 Å². The molecule has 0 fully saturated rings. The van der Waals surface area contributed by atoms with Crippen molar-refractivity contribution in [1.82, 2.24) is 0 Å². The second kappa shape index (κ2) is 3.07. The summed E-state index contributed by atoms with van der Waals surface area (Å²) >= 11 is -1.10. The molecule has 0 bridgehead atoms. The van der Waals surface area contributed by atoms with Crippen LogP contribution in [0.15, 0.2) is 12.2 Å². The molecule has 11 heavy (non-hydrogen) atoms. The lowest BCUT2D eigenvalue weighted by Crippen LogP contribution is -2.30. The van der Waals surface area contributed by atoms with Gasteiger partial charge < -0.3 is 0 Å². The van der Waals surface area contributed by atoms with Gasteiger partial charge in [-0.15, -0.1) is 0 Å². The largest absolute Gasteiger partial charge is 0.282 e. The molecule has 1 aliphatic rings. The molecule has 1 rings (SSSR count). The molecule has 0 aromatic rings. The van der Waals surface area contributed by atoms with Crippen LogP contribution in [0.5, 0.6) is 0 Å². The maximum Gasteiger partial charge on any atom is 0.159 e. The van der Waals surface area contributed by atoms with Crippen LogP contribution in [0.4, 0.5) is 0 Å². The molecule has 0 aromatic heterocycles. The van der Waals surface area contributed by atoms with Crippen LogP contribution in [0.25, 0.3) is 0 Å². The van der Waals surface area contributed by atoms with Crippen LogP contribution in [-0.2, 0) is 15.3 Å². The lowest BCUT2D eigenvalue weighted by Gasteiger charge is -2.28. The third-order valence-electron chi connectivity index (χ3n) is 1.61. The van der Waals surface area contributed by atoms with Gasteiger partial charge in [-0.05, 0) is 5.41 Å². The summed E-state index contributed by atoms with van der Waals surface area (Å²) in [5, 5.41) is 0. The molecule has 1 heterocycles. The van der Waals surface area contributed by atoms with Crippen molar-refractivity contribution in [2.75, 3.05) is 5.75 Å². The fourth-order valence-corrected chi connectivity index (χ4v) is 1.81. The number of rotatable bonds is 0. The van der Waals surface area contributed by atoms with Gasteiger partial charge in [-0.25, -0.2) is 4.21 Å². The maximum absolute atomic E-state index is 11.0. The number of hydrogen-bond acceptors (Lipinski definition) is 2. The maximum atomic E-state index is 11.0. The third kappa shape index (κ3) is 2.42. The fraction of sp³-hybridized carbons (Fsp3) is 0.750. The first kappa shape index (κ1) is 8.94. The molecule has 0 spiro atoms.